The number of ketones is 2. The molecule has 3 fully saturated rings. The van der Waals surface area contributed by atoms with Crippen LogP contribution in [0.1, 0.15) is 65.2 Å². The summed E-state index contributed by atoms with van der Waals surface area (Å²) in [5.41, 5.74) is 1.34. The Bertz CT molecular complexity index is 769. The molecule has 4 rings (SSSR count). The number of phosphoric acid groups is 1. The van der Waals surface area contributed by atoms with Gasteiger partial charge in [0.1, 0.15) is 6.61 Å². The maximum absolute atomic E-state index is 12.7. The number of hydrogen-bond acceptors (Lipinski definition) is 4. The fourth-order valence-corrected chi connectivity index (χ4v) is 7.63. The van der Waals surface area contributed by atoms with Crippen LogP contribution in [-0.2, 0) is 18.7 Å². The molecule has 4 aliphatic carbocycles. The van der Waals surface area contributed by atoms with Gasteiger partial charge in [-0.1, -0.05) is 19.4 Å². The Kier molecular flexibility index (Phi) is 5.02. The van der Waals surface area contributed by atoms with Gasteiger partial charge in [0.2, 0.25) is 0 Å². The third kappa shape index (κ3) is 3.27. The number of rotatable bonds is 4. The van der Waals surface area contributed by atoms with E-state index >= 15 is 0 Å². The minimum atomic E-state index is -4.63. The van der Waals surface area contributed by atoms with E-state index in [-0.39, 0.29) is 28.3 Å². The number of Topliss-reactive ketones (excluding diaryl/α,β-unsaturated/α-hetero) is 1. The van der Waals surface area contributed by atoms with Gasteiger partial charge in [0.25, 0.3) is 0 Å². The minimum absolute atomic E-state index is 0.113. The maximum Gasteiger partial charge on any atom is 0.470 e. The average molecular weight is 410 g/mol. The molecule has 0 radical (unpaired) electrons. The van der Waals surface area contributed by atoms with Crippen molar-refractivity contribution in [2.75, 3.05) is 6.61 Å². The Morgan fingerprint density at radius 2 is 1.89 bits per heavy atom. The Hall–Kier alpha value is -0.810. The zero-order valence-electron chi connectivity index (χ0n) is 16.7. The monoisotopic (exact) mass is 410 g/mol. The number of carbonyl (C=O) groups excluding carboxylic acids is 2. The third-order valence-corrected chi connectivity index (χ3v) is 9.19. The van der Waals surface area contributed by atoms with Gasteiger partial charge in [-0.05, 0) is 79.6 Å². The first-order valence-electron chi connectivity index (χ1n) is 10.5. The summed E-state index contributed by atoms with van der Waals surface area (Å²) in [7, 11) is -4.63. The van der Waals surface area contributed by atoms with Crippen LogP contribution >= 0.6 is 7.82 Å². The van der Waals surface area contributed by atoms with Gasteiger partial charge in [-0.3, -0.25) is 14.1 Å². The maximum atomic E-state index is 12.7. The van der Waals surface area contributed by atoms with E-state index in [1.807, 2.05) is 6.08 Å². The lowest BCUT2D eigenvalue weighted by molar-refractivity contribution is -0.133. The first kappa shape index (κ1) is 20.5. The Labute approximate surface area is 166 Å². The van der Waals surface area contributed by atoms with Gasteiger partial charge in [-0.25, -0.2) is 4.57 Å². The van der Waals surface area contributed by atoms with Gasteiger partial charge in [-0.15, -0.1) is 0 Å². The molecule has 156 valence electrons. The second-order valence-corrected chi connectivity index (χ2v) is 11.1. The molecular weight excluding hydrogens is 379 g/mol. The van der Waals surface area contributed by atoms with Crippen molar-refractivity contribution in [3.05, 3.63) is 11.6 Å². The summed E-state index contributed by atoms with van der Waals surface area (Å²) in [6.45, 7) is 4.05. The predicted octanol–water partition coefficient (Wildman–Crippen LogP) is 3.81. The molecule has 2 N–H and O–H groups in total. The molecule has 6 atom stereocenters. The van der Waals surface area contributed by atoms with Crippen molar-refractivity contribution in [2.24, 2.45) is 34.5 Å². The standard InChI is InChI=1S/C21H31O6P/c1-20-9-7-14(22)11-13(20)3-4-15-16-5-6-18(19(23)12-27-28(24,25)26)21(16,2)10-8-17(15)20/h11,15-18H,3-10,12H2,1-2H3,(H2,24,25,26)/t15-,16-,17-,18+,20-,21-/m0/s1. The number of fused-ring (bicyclic) bond motifs is 5. The highest BCUT2D eigenvalue weighted by Crippen LogP contribution is 2.66. The number of allylic oxidation sites excluding steroid dienone is 1. The van der Waals surface area contributed by atoms with Crippen LogP contribution in [0, 0.1) is 34.5 Å². The highest BCUT2D eigenvalue weighted by Gasteiger charge is 2.60. The lowest BCUT2D eigenvalue weighted by Gasteiger charge is -2.58. The summed E-state index contributed by atoms with van der Waals surface area (Å²) in [6, 6.07) is 0. The number of carbonyl (C=O) groups is 2. The van der Waals surface area contributed by atoms with E-state index in [9.17, 15) is 14.2 Å². The van der Waals surface area contributed by atoms with Crippen LogP contribution in [0.25, 0.3) is 0 Å². The predicted molar refractivity (Wildman–Crippen MR) is 103 cm³/mol. The van der Waals surface area contributed by atoms with E-state index in [2.05, 4.69) is 18.4 Å². The van der Waals surface area contributed by atoms with Crippen LogP contribution in [0.2, 0.25) is 0 Å². The topological polar surface area (TPSA) is 101 Å². The van der Waals surface area contributed by atoms with Crippen molar-refractivity contribution in [2.45, 2.75) is 65.2 Å². The Morgan fingerprint density at radius 1 is 1.14 bits per heavy atom. The van der Waals surface area contributed by atoms with E-state index in [1.54, 1.807) is 0 Å². The van der Waals surface area contributed by atoms with Gasteiger partial charge < -0.3 is 9.79 Å². The molecule has 6 nitrogen and oxygen atoms in total. The van der Waals surface area contributed by atoms with Crippen LogP contribution < -0.4 is 0 Å². The van der Waals surface area contributed by atoms with Crippen LogP contribution in [0.5, 0.6) is 0 Å². The highest BCUT2D eigenvalue weighted by atomic mass is 31.2. The molecule has 4 aliphatic rings. The average Bonchev–Trinajstić information content (AvgIpc) is 2.97. The van der Waals surface area contributed by atoms with Crippen molar-refractivity contribution in [1.29, 1.82) is 0 Å². The lowest BCUT2D eigenvalue weighted by atomic mass is 9.46. The highest BCUT2D eigenvalue weighted by molar-refractivity contribution is 7.46. The molecule has 0 aromatic rings. The minimum Gasteiger partial charge on any atom is -0.303 e. The van der Waals surface area contributed by atoms with E-state index in [0.717, 1.165) is 44.9 Å². The number of phosphoric ester groups is 1. The zero-order valence-corrected chi connectivity index (χ0v) is 17.6. The van der Waals surface area contributed by atoms with E-state index in [0.29, 0.717) is 24.2 Å². The molecule has 0 unspecified atom stereocenters. The molecule has 0 spiro atoms. The van der Waals surface area contributed by atoms with Crippen LogP contribution in [0.4, 0.5) is 0 Å². The zero-order chi connectivity index (χ0) is 20.3. The normalized spacial score (nSPS) is 43.0. The summed E-state index contributed by atoms with van der Waals surface area (Å²) < 4.78 is 15.5. The van der Waals surface area contributed by atoms with E-state index in [4.69, 9.17) is 9.79 Å². The van der Waals surface area contributed by atoms with Gasteiger partial charge in [-0.2, -0.15) is 0 Å². The quantitative estimate of drug-likeness (QED) is 0.684. The largest absolute Gasteiger partial charge is 0.470 e. The molecule has 0 bridgehead atoms. The molecule has 7 heteroatoms. The van der Waals surface area contributed by atoms with Crippen LogP contribution in [0.15, 0.2) is 11.6 Å². The number of hydrogen-bond donors (Lipinski definition) is 2. The molecule has 3 saturated carbocycles. The first-order valence-corrected chi connectivity index (χ1v) is 12.0. The molecule has 0 saturated heterocycles. The second-order valence-electron chi connectivity index (χ2n) is 9.87. The van der Waals surface area contributed by atoms with Crippen LogP contribution in [0.3, 0.4) is 0 Å². The summed E-state index contributed by atoms with van der Waals surface area (Å²) in [6.07, 6.45) is 9.37. The molecular formula is C21H31O6P. The molecule has 28 heavy (non-hydrogen) atoms. The van der Waals surface area contributed by atoms with Gasteiger partial charge in [0.15, 0.2) is 11.6 Å². The van der Waals surface area contributed by atoms with Crippen LogP contribution in [-0.4, -0.2) is 28.0 Å². The van der Waals surface area contributed by atoms with E-state index < -0.39 is 14.4 Å². The third-order valence-electron chi connectivity index (χ3n) is 8.73. The molecule has 0 heterocycles. The van der Waals surface area contributed by atoms with Crippen molar-refractivity contribution >= 4 is 19.4 Å². The molecule has 0 aromatic carbocycles. The summed E-state index contributed by atoms with van der Waals surface area (Å²) in [5.74, 6) is 1.52. The van der Waals surface area contributed by atoms with Crippen molar-refractivity contribution in [3.8, 4) is 0 Å². The Morgan fingerprint density at radius 3 is 2.61 bits per heavy atom. The fraction of sp³-hybridized carbons (Fsp3) is 0.810. The fourth-order valence-electron chi connectivity index (χ4n) is 7.34. The lowest BCUT2D eigenvalue weighted by Crippen LogP contribution is -2.51. The first-order chi connectivity index (χ1) is 13.0. The van der Waals surface area contributed by atoms with Gasteiger partial charge in [0.05, 0.1) is 0 Å². The van der Waals surface area contributed by atoms with Gasteiger partial charge in [0, 0.05) is 12.3 Å². The van der Waals surface area contributed by atoms with E-state index in [1.165, 1.54) is 5.57 Å². The molecule has 0 aromatic heterocycles. The summed E-state index contributed by atoms with van der Waals surface area (Å²) >= 11 is 0. The van der Waals surface area contributed by atoms with Crippen molar-refractivity contribution in [1.82, 2.24) is 0 Å². The molecule has 0 aliphatic heterocycles. The second kappa shape index (κ2) is 6.87. The smallest absolute Gasteiger partial charge is 0.303 e. The Balaban J connectivity index is 1.54. The van der Waals surface area contributed by atoms with Gasteiger partial charge >= 0.3 is 7.82 Å². The summed E-state index contributed by atoms with van der Waals surface area (Å²) in [4.78, 5) is 42.5. The van der Waals surface area contributed by atoms with Crippen molar-refractivity contribution < 1.29 is 28.5 Å². The molecule has 0 amide bonds. The summed E-state index contributed by atoms with van der Waals surface area (Å²) in [5, 5.41) is 0. The SMILES string of the molecule is C[C@]12CC[C@H]3[C@@H](CCC4=CC(=O)CC[C@@]43C)[C@@H]1CC[C@@H]2C(=O)COP(=O)(O)O. The van der Waals surface area contributed by atoms with Crippen molar-refractivity contribution in [3.63, 3.8) is 0 Å².